The first-order valence-electron chi connectivity index (χ1n) is 10.3. The SMILES string of the molecule is CC.COc1nc(N)nc2c1ncn2C1CC2CCC1N(C(=O)OC(C)(C)C)C2. The molecule has 2 saturated heterocycles. The van der Waals surface area contributed by atoms with Crippen molar-refractivity contribution in [1.29, 1.82) is 0 Å². The number of fused-ring (bicyclic) bond motifs is 4. The van der Waals surface area contributed by atoms with Gasteiger partial charge in [-0.15, -0.1) is 0 Å². The minimum atomic E-state index is -0.514. The van der Waals surface area contributed by atoms with E-state index in [4.69, 9.17) is 15.2 Å². The van der Waals surface area contributed by atoms with E-state index >= 15 is 0 Å². The van der Waals surface area contributed by atoms with E-state index < -0.39 is 5.60 Å². The second-order valence-electron chi connectivity index (χ2n) is 8.36. The lowest BCUT2D eigenvalue weighted by molar-refractivity contribution is -0.0283. The summed E-state index contributed by atoms with van der Waals surface area (Å²) in [6.45, 7) is 10.4. The van der Waals surface area contributed by atoms with Gasteiger partial charge >= 0.3 is 6.09 Å². The van der Waals surface area contributed by atoms with Crippen molar-refractivity contribution < 1.29 is 14.3 Å². The van der Waals surface area contributed by atoms with Crippen LogP contribution >= 0.6 is 0 Å². The number of amides is 1. The molecule has 2 bridgehead atoms. The Morgan fingerprint density at radius 1 is 1.21 bits per heavy atom. The summed E-state index contributed by atoms with van der Waals surface area (Å²) in [7, 11) is 1.53. The highest BCUT2D eigenvalue weighted by atomic mass is 16.6. The van der Waals surface area contributed by atoms with Crippen LogP contribution in [0.5, 0.6) is 5.88 Å². The van der Waals surface area contributed by atoms with Gasteiger partial charge in [0.05, 0.1) is 25.5 Å². The number of hydrogen-bond donors (Lipinski definition) is 1. The van der Waals surface area contributed by atoms with Gasteiger partial charge in [-0.2, -0.15) is 9.97 Å². The molecular weight excluding hydrogens is 372 g/mol. The topological polar surface area (TPSA) is 108 Å². The molecule has 5 rings (SSSR count). The average Bonchev–Trinajstić information content (AvgIpc) is 3.11. The molecule has 3 fully saturated rings. The highest BCUT2D eigenvalue weighted by Gasteiger charge is 2.45. The Morgan fingerprint density at radius 2 is 1.93 bits per heavy atom. The predicted molar refractivity (Wildman–Crippen MR) is 111 cm³/mol. The molecule has 0 spiro atoms. The molecule has 2 aromatic heterocycles. The van der Waals surface area contributed by atoms with Crippen LogP contribution in [0.2, 0.25) is 0 Å². The van der Waals surface area contributed by atoms with Gasteiger partial charge in [-0.05, 0) is 46.0 Å². The molecule has 1 amide bonds. The van der Waals surface area contributed by atoms with Gasteiger partial charge in [0.1, 0.15) is 5.60 Å². The number of nitrogens with two attached hydrogens (primary N) is 1. The average molecular weight is 405 g/mol. The fourth-order valence-electron chi connectivity index (χ4n) is 4.28. The minimum Gasteiger partial charge on any atom is -0.479 e. The molecule has 2 aliphatic heterocycles. The highest BCUT2D eigenvalue weighted by Crippen LogP contribution is 2.43. The van der Waals surface area contributed by atoms with Crippen LogP contribution in [-0.2, 0) is 4.74 Å². The first-order valence-corrected chi connectivity index (χ1v) is 10.3. The van der Waals surface area contributed by atoms with Crippen LogP contribution in [0.4, 0.5) is 10.7 Å². The molecule has 1 aliphatic carbocycles. The maximum atomic E-state index is 12.8. The minimum absolute atomic E-state index is 0.0458. The molecule has 0 radical (unpaired) electrons. The van der Waals surface area contributed by atoms with E-state index in [1.54, 1.807) is 6.33 Å². The number of hydrogen-bond acceptors (Lipinski definition) is 7. The van der Waals surface area contributed by atoms with E-state index in [0.29, 0.717) is 23.0 Å². The fourth-order valence-corrected chi connectivity index (χ4v) is 4.28. The van der Waals surface area contributed by atoms with Gasteiger partial charge in [0.2, 0.25) is 11.8 Å². The molecule has 29 heavy (non-hydrogen) atoms. The Labute approximate surface area is 171 Å². The molecule has 160 valence electrons. The summed E-state index contributed by atoms with van der Waals surface area (Å²) in [5, 5.41) is 0. The van der Waals surface area contributed by atoms with Gasteiger partial charge < -0.3 is 24.7 Å². The van der Waals surface area contributed by atoms with Crippen molar-refractivity contribution in [2.24, 2.45) is 5.92 Å². The van der Waals surface area contributed by atoms with E-state index in [1.807, 2.05) is 44.1 Å². The highest BCUT2D eigenvalue weighted by molar-refractivity contribution is 5.77. The summed E-state index contributed by atoms with van der Waals surface area (Å²) in [4.78, 5) is 27.5. The Kier molecular flexibility index (Phi) is 5.86. The Hall–Kier alpha value is -2.58. The number of carbonyl (C=O) groups excluding carboxylic acids is 1. The standard InChI is InChI=1S/C18H26N6O3.C2H6/c1-18(2,3)27-17(25)23-8-10-5-6-11(23)12(7-10)24-9-20-13-14(24)21-16(19)22-15(13)26-4;1-2/h9-12H,5-8H2,1-4H3,(H2,19,21,22);1-2H3. The summed E-state index contributed by atoms with van der Waals surface area (Å²) in [6.07, 6.45) is 4.53. The van der Waals surface area contributed by atoms with Crippen molar-refractivity contribution in [1.82, 2.24) is 24.4 Å². The fraction of sp³-hybridized carbons (Fsp3) is 0.700. The number of piperidine rings is 2. The van der Waals surface area contributed by atoms with Crippen LogP contribution in [0.15, 0.2) is 6.33 Å². The lowest BCUT2D eigenvalue weighted by Gasteiger charge is -2.49. The number of rotatable bonds is 2. The number of aromatic nitrogens is 4. The molecule has 3 unspecified atom stereocenters. The summed E-state index contributed by atoms with van der Waals surface area (Å²) < 4.78 is 12.9. The van der Waals surface area contributed by atoms with Gasteiger partial charge in [0, 0.05) is 6.54 Å². The zero-order valence-electron chi connectivity index (χ0n) is 18.2. The molecule has 3 atom stereocenters. The van der Waals surface area contributed by atoms with Crippen LogP contribution in [0.3, 0.4) is 0 Å². The number of ether oxygens (including phenoxy) is 2. The number of methoxy groups -OCH3 is 1. The number of carbonyl (C=O) groups is 1. The largest absolute Gasteiger partial charge is 0.479 e. The van der Waals surface area contributed by atoms with Crippen molar-refractivity contribution in [2.45, 2.75) is 71.6 Å². The molecular formula is C20H32N6O3. The van der Waals surface area contributed by atoms with Gasteiger partial charge in [0.15, 0.2) is 11.2 Å². The van der Waals surface area contributed by atoms with Crippen LogP contribution < -0.4 is 10.5 Å². The molecule has 0 aromatic carbocycles. The zero-order chi connectivity index (χ0) is 21.3. The number of nitrogen functional groups attached to an aromatic ring is 1. The summed E-state index contributed by atoms with van der Waals surface area (Å²) in [5.41, 5.74) is 6.56. The van der Waals surface area contributed by atoms with Crippen LogP contribution in [-0.4, -0.2) is 55.8 Å². The molecule has 2 N–H and O–H groups in total. The Balaban J connectivity index is 0.00000117. The van der Waals surface area contributed by atoms with E-state index in [9.17, 15) is 4.79 Å². The summed E-state index contributed by atoms with van der Waals surface area (Å²) in [6, 6.07) is 0.124. The van der Waals surface area contributed by atoms with Crippen LogP contribution in [0, 0.1) is 5.92 Å². The van der Waals surface area contributed by atoms with Crippen molar-refractivity contribution >= 4 is 23.2 Å². The van der Waals surface area contributed by atoms with Gasteiger partial charge in [-0.3, -0.25) is 0 Å². The monoisotopic (exact) mass is 404 g/mol. The third-order valence-electron chi connectivity index (χ3n) is 5.33. The number of imidazole rings is 1. The van der Waals surface area contributed by atoms with Crippen molar-refractivity contribution in [3.63, 3.8) is 0 Å². The van der Waals surface area contributed by atoms with Crippen molar-refractivity contribution in [2.75, 3.05) is 19.4 Å². The molecule has 3 aliphatic rings. The van der Waals surface area contributed by atoms with E-state index in [1.165, 1.54) is 7.11 Å². The van der Waals surface area contributed by atoms with Crippen molar-refractivity contribution in [3.05, 3.63) is 6.33 Å². The van der Waals surface area contributed by atoms with Gasteiger partial charge in [-0.25, -0.2) is 9.78 Å². The molecule has 9 heteroatoms. The molecule has 4 heterocycles. The van der Waals surface area contributed by atoms with E-state index in [-0.39, 0.29) is 24.1 Å². The lowest BCUT2D eigenvalue weighted by Crippen LogP contribution is -2.56. The lowest BCUT2D eigenvalue weighted by atomic mass is 9.76. The Morgan fingerprint density at radius 3 is 2.55 bits per heavy atom. The summed E-state index contributed by atoms with van der Waals surface area (Å²) >= 11 is 0. The van der Waals surface area contributed by atoms with Crippen LogP contribution in [0.1, 0.15) is 59.9 Å². The van der Waals surface area contributed by atoms with Crippen molar-refractivity contribution in [3.8, 4) is 5.88 Å². The molecule has 2 aromatic rings. The zero-order valence-corrected chi connectivity index (χ0v) is 18.2. The third kappa shape index (κ3) is 4.09. The number of anilines is 1. The van der Waals surface area contributed by atoms with Gasteiger partial charge in [-0.1, -0.05) is 13.8 Å². The molecule has 1 saturated carbocycles. The smallest absolute Gasteiger partial charge is 0.410 e. The normalized spacial score (nSPS) is 23.5. The first kappa shape index (κ1) is 21.1. The van der Waals surface area contributed by atoms with E-state index in [0.717, 1.165) is 25.8 Å². The summed E-state index contributed by atoms with van der Waals surface area (Å²) in [5.74, 6) is 0.943. The number of nitrogens with zero attached hydrogens (tertiary/aromatic N) is 5. The third-order valence-corrected chi connectivity index (χ3v) is 5.33. The Bertz CT molecular complexity index is 875. The second-order valence-corrected chi connectivity index (χ2v) is 8.36. The molecule has 9 nitrogen and oxygen atoms in total. The first-order chi connectivity index (χ1) is 13.8. The maximum absolute atomic E-state index is 12.8. The van der Waals surface area contributed by atoms with E-state index in [2.05, 4.69) is 15.0 Å². The quantitative estimate of drug-likeness (QED) is 0.817. The second kappa shape index (κ2) is 8.04. The van der Waals surface area contributed by atoms with Crippen LogP contribution in [0.25, 0.3) is 11.2 Å². The van der Waals surface area contributed by atoms with Gasteiger partial charge in [0.25, 0.3) is 0 Å². The predicted octanol–water partition coefficient (Wildman–Crippen LogP) is 3.40. The maximum Gasteiger partial charge on any atom is 0.410 e.